The lowest BCUT2D eigenvalue weighted by atomic mass is 9.93. The van der Waals surface area contributed by atoms with Gasteiger partial charge in [0.05, 0.1) is 25.5 Å². The number of aromatic nitrogens is 2. The lowest BCUT2D eigenvalue weighted by molar-refractivity contribution is -0.139. The second kappa shape index (κ2) is 19.9. The molecule has 3 atom stereocenters. The number of hydrogen-bond acceptors (Lipinski definition) is 12. The van der Waals surface area contributed by atoms with Crippen LogP contribution in [-0.4, -0.2) is 95.6 Å². The van der Waals surface area contributed by atoms with Crippen LogP contribution >= 0.6 is 0 Å². The molecule has 4 bridgehead atoms. The maximum atomic E-state index is 14.4. The summed E-state index contributed by atoms with van der Waals surface area (Å²) in [5, 5.41) is 20.1. The van der Waals surface area contributed by atoms with Crippen LogP contribution in [0, 0.1) is 12.8 Å². The van der Waals surface area contributed by atoms with Crippen LogP contribution in [0.25, 0.3) is 22.5 Å². The average molecular weight is 836 g/mol. The number of phenolic OH excluding ortho intramolecular Hbond substituents is 1. The highest BCUT2D eigenvalue weighted by Gasteiger charge is 2.34. The smallest absolute Gasteiger partial charge is 0.257 e. The summed E-state index contributed by atoms with van der Waals surface area (Å²) in [7, 11) is 1.41. The standard InChI is InChI=1S/C45H57N9O7/c1-25-19-30-11-14-35(60-17-5-15-46)33(21-30)34-22-32(23-36(40(34)56)61-18-6-16-47)39(45(59)52-27(3)43(57)50-25)54(4)37(55)24-49-44(58)38-26(2)51-42(53-41(38)48)31-12-9-29(10-13-31)20-28-7-8-28/h9-14,21-23,25,27-28,39,56H,5-8,15-20,24,46-47H2,1-4H3,(H,49,58)(H,50,57)(H,52,59)(H2,48,51,53)/t25-,27+,39+/m1/s1. The summed E-state index contributed by atoms with van der Waals surface area (Å²) >= 11 is 0. The monoisotopic (exact) mass is 835 g/mol. The molecule has 10 N–H and O–H groups in total. The summed E-state index contributed by atoms with van der Waals surface area (Å²) in [6.45, 7) is 5.68. The van der Waals surface area contributed by atoms with Crippen molar-refractivity contribution >= 4 is 29.4 Å². The third-order valence-corrected chi connectivity index (χ3v) is 10.8. The number of nitrogen functional groups attached to an aromatic ring is 1. The Balaban J connectivity index is 1.32. The number of ether oxygens (including phenoxy) is 2. The number of nitrogens with zero attached hydrogens (tertiary/aromatic N) is 3. The summed E-state index contributed by atoms with van der Waals surface area (Å²) in [4.78, 5) is 65.5. The van der Waals surface area contributed by atoms with E-state index in [1.165, 1.54) is 31.5 Å². The Morgan fingerprint density at radius 1 is 0.902 bits per heavy atom. The summed E-state index contributed by atoms with van der Waals surface area (Å²) in [5.41, 5.74) is 22.0. The molecule has 2 heterocycles. The van der Waals surface area contributed by atoms with Gasteiger partial charge in [-0.05, 0) is 119 Å². The number of benzene rings is 3. The summed E-state index contributed by atoms with van der Waals surface area (Å²) < 4.78 is 12.2. The van der Waals surface area contributed by atoms with E-state index in [-0.39, 0.29) is 46.7 Å². The predicted octanol–water partition coefficient (Wildman–Crippen LogP) is 3.31. The van der Waals surface area contributed by atoms with Crippen molar-refractivity contribution in [1.29, 1.82) is 0 Å². The van der Waals surface area contributed by atoms with E-state index in [1.54, 1.807) is 26.0 Å². The Kier molecular flexibility index (Phi) is 14.4. The van der Waals surface area contributed by atoms with Crippen molar-refractivity contribution in [2.24, 2.45) is 17.4 Å². The van der Waals surface area contributed by atoms with Crippen molar-refractivity contribution in [3.63, 3.8) is 0 Å². The summed E-state index contributed by atoms with van der Waals surface area (Å²) in [6.07, 6.45) is 5.04. The number of anilines is 1. The summed E-state index contributed by atoms with van der Waals surface area (Å²) in [5.74, 6) is -1.12. The number of aromatic hydroxyl groups is 1. The van der Waals surface area contributed by atoms with Gasteiger partial charge in [0.15, 0.2) is 17.3 Å². The van der Waals surface area contributed by atoms with Crippen LogP contribution in [0.3, 0.4) is 0 Å². The number of aryl methyl sites for hydroxylation is 1. The lowest BCUT2D eigenvalue weighted by Gasteiger charge is -2.30. The van der Waals surface area contributed by atoms with E-state index in [0.29, 0.717) is 61.8 Å². The molecule has 0 unspecified atom stereocenters. The first kappa shape index (κ1) is 44.3. The van der Waals surface area contributed by atoms with Crippen LogP contribution in [0.5, 0.6) is 17.2 Å². The number of amides is 4. The van der Waals surface area contributed by atoms with Crippen LogP contribution in [0.2, 0.25) is 0 Å². The molecule has 4 aromatic rings. The molecule has 6 rings (SSSR count). The first-order valence-electron chi connectivity index (χ1n) is 20.8. The number of nitrogens with two attached hydrogens (primary N) is 3. The number of rotatable bonds is 15. The predicted molar refractivity (Wildman–Crippen MR) is 232 cm³/mol. The van der Waals surface area contributed by atoms with Crippen LogP contribution < -0.4 is 42.6 Å². The fraction of sp³-hybridized carbons (Fsp3) is 0.422. The normalized spacial score (nSPS) is 17.7. The highest BCUT2D eigenvalue weighted by molar-refractivity contribution is 6.01. The number of fused-ring (bicyclic) bond motifs is 5. The first-order chi connectivity index (χ1) is 29.3. The topological polar surface area (TPSA) is 250 Å². The van der Waals surface area contributed by atoms with E-state index in [0.717, 1.165) is 28.4 Å². The van der Waals surface area contributed by atoms with Gasteiger partial charge < -0.3 is 52.6 Å². The van der Waals surface area contributed by atoms with Gasteiger partial charge in [0.25, 0.3) is 5.91 Å². The van der Waals surface area contributed by atoms with Crippen LogP contribution in [0.15, 0.2) is 54.6 Å². The van der Waals surface area contributed by atoms with Gasteiger partial charge in [-0.1, -0.05) is 30.3 Å². The first-order valence-corrected chi connectivity index (χ1v) is 20.8. The minimum absolute atomic E-state index is 0.0171. The van der Waals surface area contributed by atoms with Gasteiger partial charge >= 0.3 is 0 Å². The fourth-order valence-corrected chi connectivity index (χ4v) is 7.32. The van der Waals surface area contributed by atoms with Crippen molar-refractivity contribution in [3.05, 3.63) is 82.5 Å². The second-order valence-corrected chi connectivity index (χ2v) is 15.9. The van der Waals surface area contributed by atoms with Crippen LogP contribution in [0.4, 0.5) is 5.82 Å². The van der Waals surface area contributed by atoms with E-state index in [2.05, 4.69) is 38.1 Å². The zero-order valence-corrected chi connectivity index (χ0v) is 35.3. The molecule has 0 saturated heterocycles. The minimum atomic E-state index is -1.38. The molecule has 1 aliphatic heterocycles. The largest absolute Gasteiger partial charge is 0.504 e. The molecule has 1 aromatic heterocycles. The Labute approximate surface area is 356 Å². The quantitative estimate of drug-likeness (QED) is 0.0853. The molecule has 2 aliphatic rings. The maximum Gasteiger partial charge on any atom is 0.257 e. The number of phenols is 1. The molecule has 1 fully saturated rings. The van der Waals surface area contributed by atoms with Crippen LogP contribution in [-0.2, 0) is 27.2 Å². The summed E-state index contributed by atoms with van der Waals surface area (Å²) in [6, 6.07) is 13.9. The van der Waals surface area contributed by atoms with Crippen molar-refractivity contribution in [1.82, 2.24) is 30.8 Å². The van der Waals surface area contributed by atoms with Crippen LogP contribution in [0.1, 0.15) is 78.3 Å². The molecule has 16 nitrogen and oxygen atoms in total. The van der Waals surface area contributed by atoms with Gasteiger partial charge in [-0.15, -0.1) is 0 Å². The van der Waals surface area contributed by atoms with E-state index in [1.807, 2.05) is 31.2 Å². The molecule has 16 heteroatoms. The molecule has 324 valence electrons. The van der Waals surface area contributed by atoms with Gasteiger partial charge in [0, 0.05) is 29.8 Å². The maximum absolute atomic E-state index is 14.4. The number of nitrogens with one attached hydrogen (secondary N) is 3. The number of carbonyl (C=O) groups excluding carboxylic acids is 4. The Hall–Kier alpha value is -6.26. The number of carbonyl (C=O) groups is 4. The number of hydrogen-bond donors (Lipinski definition) is 7. The SMILES string of the molecule is Cc1nc(-c2ccc(CC3CC3)cc2)nc(N)c1C(=O)NCC(=O)N(C)[C@@H]1C(=O)N[C@@H](C)C(=O)N[C@H](C)Cc2ccc(OCCCN)c(c2)-c2cc1cc(OCCCN)c2O. The molecular formula is C45H57N9O7. The highest BCUT2D eigenvalue weighted by atomic mass is 16.5. The molecule has 0 radical (unpaired) electrons. The van der Waals surface area contributed by atoms with E-state index < -0.39 is 42.3 Å². The van der Waals surface area contributed by atoms with Crippen molar-refractivity contribution < 1.29 is 33.8 Å². The third kappa shape index (κ3) is 10.9. The molecule has 61 heavy (non-hydrogen) atoms. The molecule has 1 aliphatic carbocycles. The zero-order valence-electron chi connectivity index (χ0n) is 35.3. The average Bonchev–Trinajstić information content (AvgIpc) is 4.05. The Morgan fingerprint density at radius 2 is 1.59 bits per heavy atom. The minimum Gasteiger partial charge on any atom is -0.504 e. The molecule has 0 spiro atoms. The second-order valence-electron chi connectivity index (χ2n) is 15.9. The van der Waals surface area contributed by atoms with Gasteiger partial charge in [0.1, 0.15) is 29.2 Å². The Morgan fingerprint density at radius 3 is 2.25 bits per heavy atom. The van der Waals surface area contributed by atoms with Crippen molar-refractivity contribution in [2.45, 2.75) is 77.4 Å². The molecule has 4 amide bonds. The highest BCUT2D eigenvalue weighted by Crippen LogP contribution is 2.44. The molecular weight excluding hydrogens is 779 g/mol. The lowest BCUT2D eigenvalue weighted by Crippen LogP contribution is -2.52. The zero-order chi connectivity index (χ0) is 43.8. The van der Waals surface area contributed by atoms with Gasteiger partial charge in [-0.3, -0.25) is 19.2 Å². The Bertz CT molecular complexity index is 2220. The van der Waals surface area contributed by atoms with Crippen molar-refractivity contribution in [3.8, 4) is 39.8 Å². The fourth-order valence-electron chi connectivity index (χ4n) is 7.32. The molecule has 1 saturated carbocycles. The van der Waals surface area contributed by atoms with E-state index in [9.17, 15) is 24.3 Å². The molecule has 3 aromatic carbocycles. The van der Waals surface area contributed by atoms with E-state index >= 15 is 0 Å². The van der Waals surface area contributed by atoms with Gasteiger partial charge in [-0.2, -0.15) is 0 Å². The van der Waals surface area contributed by atoms with Crippen molar-refractivity contribution in [2.75, 3.05) is 45.6 Å². The third-order valence-electron chi connectivity index (χ3n) is 10.8. The van der Waals surface area contributed by atoms with Gasteiger partial charge in [-0.25, -0.2) is 9.97 Å². The van der Waals surface area contributed by atoms with Gasteiger partial charge in [0.2, 0.25) is 17.7 Å². The van der Waals surface area contributed by atoms with E-state index in [4.69, 9.17) is 26.7 Å². The number of likely N-dealkylation sites (N-methyl/N-ethyl adjacent to an activating group) is 1.